The van der Waals surface area contributed by atoms with E-state index in [4.69, 9.17) is 10.00 Å². The second-order valence-electron chi connectivity index (χ2n) is 4.95. The van der Waals surface area contributed by atoms with Gasteiger partial charge in [-0.3, -0.25) is 9.59 Å². The summed E-state index contributed by atoms with van der Waals surface area (Å²) in [5.74, 6) is -1.53. The van der Waals surface area contributed by atoms with Gasteiger partial charge < -0.3 is 10.1 Å². The van der Waals surface area contributed by atoms with Crippen molar-refractivity contribution in [2.45, 2.75) is 26.8 Å². The zero-order valence-corrected chi connectivity index (χ0v) is 12.1. The van der Waals surface area contributed by atoms with E-state index >= 15 is 0 Å². The summed E-state index contributed by atoms with van der Waals surface area (Å²) in [6.45, 7) is 4.62. The van der Waals surface area contributed by atoms with Gasteiger partial charge in [-0.2, -0.15) is 5.26 Å². The maximum Gasteiger partial charge on any atom is 0.258 e. The van der Waals surface area contributed by atoms with Crippen LogP contribution in [0.25, 0.3) is 0 Å². The highest BCUT2D eigenvalue weighted by Crippen LogP contribution is 2.17. The summed E-state index contributed by atoms with van der Waals surface area (Å²) in [5.41, 5.74) is 0.167. The van der Waals surface area contributed by atoms with Crippen molar-refractivity contribution >= 4 is 11.7 Å². The van der Waals surface area contributed by atoms with E-state index in [0.29, 0.717) is 0 Å². The number of carbonyl (C=O) groups is 2. The number of carbonyl (C=O) groups excluding carboxylic acids is 2. The monoisotopic (exact) mass is 292 g/mol. The molecule has 0 saturated heterocycles. The minimum absolute atomic E-state index is 0.0434. The molecular weight excluding hydrogens is 275 g/mol. The minimum Gasteiger partial charge on any atom is -0.481 e. The summed E-state index contributed by atoms with van der Waals surface area (Å²) < 4.78 is 18.6. The fourth-order valence-electron chi connectivity index (χ4n) is 1.78. The number of hydrogen-bond donors (Lipinski definition) is 1. The Hall–Kier alpha value is -2.42. The fourth-order valence-corrected chi connectivity index (χ4v) is 1.78. The Kier molecular flexibility index (Phi) is 5.85. The van der Waals surface area contributed by atoms with E-state index in [1.54, 1.807) is 6.07 Å². The highest BCUT2D eigenvalue weighted by atomic mass is 19.1. The summed E-state index contributed by atoms with van der Waals surface area (Å²) in [6, 6.07) is 4.91. The lowest BCUT2D eigenvalue weighted by Gasteiger charge is -2.19. The van der Waals surface area contributed by atoms with Crippen molar-refractivity contribution in [3.05, 3.63) is 29.6 Å². The molecule has 21 heavy (non-hydrogen) atoms. The molecule has 1 aromatic carbocycles. The maximum atomic E-state index is 13.5. The van der Waals surface area contributed by atoms with Gasteiger partial charge >= 0.3 is 0 Å². The number of benzene rings is 1. The fraction of sp³-hybridized carbons (Fsp3) is 0.400. The number of ether oxygens (including phenoxy) is 1. The average molecular weight is 292 g/mol. The molecule has 0 bridgehead atoms. The molecule has 1 unspecified atom stereocenters. The standard InChI is InChI=1S/C15H17FN2O3/c1-9(2)15(10(3)19)18-14(20)8-21-13-5-4-11(7-17)6-12(13)16/h4-6,9,15H,8H2,1-3H3,(H,18,20). The van der Waals surface area contributed by atoms with Crippen LogP contribution in [0.5, 0.6) is 5.75 Å². The van der Waals surface area contributed by atoms with Crippen molar-refractivity contribution in [2.24, 2.45) is 5.92 Å². The molecule has 6 heteroatoms. The Morgan fingerprint density at radius 3 is 2.57 bits per heavy atom. The number of rotatable bonds is 6. The number of amides is 1. The first kappa shape index (κ1) is 16.6. The van der Waals surface area contributed by atoms with Crippen LogP contribution < -0.4 is 10.1 Å². The molecule has 0 heterocycles. The van der Waals surface area contributed by atoms with Crippen LogP contribution in [0.3, 0.4) is 0 Å². The summed E-state index contributed by atoms with van der Waals surface area (Å²) in [5, 5.41) is 11.2. The van der Waals surface area contributed by atoms with Crippen LogP contribution in [-0.4, -0.2) is 24.3 Å². The highest BCUT2D eigenvalue weighted by molar-refractivity contribution is 5.88. The number of nitriles is 1. The third kappa shape index (κ3) is 4.88. The van der Waals surface area contributed by atoms with E-state index in [2.05, 4.69) is 5.32 Å². The van der Waals surface area contributed by atoms with E-state index in [9.17, 15) is 14.0 Å². The van der Waals surface area contributed by atoms with E-state index in [1.807, 2.05) is 13.8 Å². The molecule has 1 rings (SSSR count). The third-order valence-corrected chi connectivity index (χ3v) is 2.84. The third-order valence-electron chi connectivity index (χ3n) is 2.84. The molecule has 0 fully saturated rings. The van der Waals surface area contributed by atoms with Crippen LogP contribution in [0.15, 0.2) is 18.2 Å². The van der Waals surface area contributed by atoms with Crippen LogP contribution in [0.2, 0.25) is 0 Å². The first-order valence-corrected chi connectivity index (χ1v) is 6.47. The highest BCUT2D eigenvalue weighted by Gasteiger charge is 2.20. The lowest BCUT2D eigenvalue weighted by molar-refractivity contribution is -0.129. The Labute approximate surface area is 122 Å². The number of ketones is 1. The van der Waals surface area contributed by atoms with E-state index in [1.165, 1.54) is 19.1 Å². The summed E-state index contributed by atoms with van der Waals surface area (Å²) >= 11 is 0. The number of hydrogen-bond acceptors (Lipinski definition) is 4. The lowest BCUT2D eigenvalue weighted by atomic mass is 10.0. The molecule has 0 radical (unpaired) electrons. The van der Waals surface area contributed by atoms with Crippen LogP contribution in [0, 0.1) is 23.1 Å². The molecule has 0 aromatic heterocycles. The van der Waals surface area contributed by atoms with Gasteiger partial charge in [-0.1, -0.05) is 13.8 Å². The van der Waals surface area contributed by atoms with Gasteiger partial charge in [-0.25, -0.2) is 4.39 Å². The number of Topliss-reactive ketones (excluding diaryl/α,β-unsaturated/α-hetero) is 1. The molecule has 0 saturated carbocycles. The van der Waals surface area contributed by atoms with Gasteiger partial charge in [-0.15, -0.1) is 0 Å². The topological polar surface area (TPSA) is 79.2 Å². The van der Waals surface area contributed by atoms with Gasteiger partial charge in [0.05, 0.1) is 17.7 Å². The largest absolute Gasteiger partial charge is 0.481 e. The SMILES string of the molecule is CC(=O)C(NC(=O)COc1ccc(C#N)cc1F)C(C)C. The first-order valence-electron chi connectivity index (χ1n) is 6.47. The molecule has 0 aliphatic heterocycles. The van der Waals surface area contributed by atoms with Crippen molar-refractivity contribution in [1.82, 2.24) is 5.32 Å². The van der Waals surface area contributed by atoms with Crippen molar-refractivity contribution < 1.29 is 18.7 Å². The molecule has 1 N–H and O–H groups in total. The molecular formula is C15H17FN2O3. The van der Waals surface area contributed by atoms with Gasteiger partial charge in [-0.05, 0) is 31.0 Å². The summed E-state index contributed by atoms with van der Waals surface area (Å²) in [7, 11) is 0. The van der Waals surface area contributed by atoms with Gasteiger partial charge in [0.2, 0.25) is 0 Å². The average Bonchev–Trinajstić information content (AvgIpc) is 2.42. The van der Waals surface area contributed by atoms with E-state index in [-0.39, 0.29) is 23.0 Å². The van der Waals surface area contributed by atoms with Crippen LogP contribution in [0.4, 0.5) is 4.39 Å². The predicted molar refractivity (Wildman–Crippen MR) is 74.1 cm³/mol. The zero-order valence-electron chi connectivity index (χ0n) is 12.1. The number of halogens is 1. The predicted octanol–water partition coefficient (Wildman–Crippen LogP) is 1.81. The normalized spacial score (nSPS) is 11.6. The van der Waals surface area contributed by atoms with Gasteiger partial charge in [0, 0.05) is 0 Å². The molecule has 1 atom stereocenters. The van der Waals surface area contributed by atoms with Crippen LogP contribution in [-0.2, 0) is 9.59 Å². The van der Waals surface area contributed by atoms with Crippen molar-refractivity contribution in [3.63, 3.8) is 0 Å². The van der Waals surface area contributed by atoms with Gasteiger partial charge in [0.1, 0.15) is 0 Å². The van der Waals surface area contributed by atoms with Crippen molar-refractivity contribution in [2.75, 3.05) is 6.61 Å². The number of nitrogens with zero attached hydrogens (tertiary/aromatic N) is 1. The Morgan fingerprint density at radius 1 is 1.43 bits per heavy atom. The smallest absolute Gasteiger partial charge is 0.258 e. The molecule has 0 spiro atoms. The van der Waals surface area contributed by atoms with Crippen LogP contribution in [0.1, 0.15) is 26.3 Å². The first-order chi connectivity index (χ1) is 9.85. The van der Waals surface area contributed by atoms with Crippen molar-refractivity contribution in [3.8, 4) is 11.8 Å². The van der Waals surface area contributed by atoms with E-state index < -0.39 is 24.4 Å². The van der Waals surface area contributed by atoms with Crippen molar-refractivity contribution in [1.29, 1.82) is 5.26 Å². The number of nitrogens with one attached hydrogen (secondary N) is 1. The van der Waals surface area contributed by atoms with Crippen LogP contribution >= 0.6 is 0 Å². The Bertz CT molecular complexity index is 579. The summed E-state index contributed by atoms with van der Waals surface area (Å²) in [4.78, 5) is 23.1. The molecule has 0 aliphatic carbocycles. The zero-order chi connectivity index (χ0) is 16.0. The second-order valence-corrected chi connectivity index (χ2v) is 4.95. The van der Waals surface area contributed by atoms with Gasteiger partial charge in [0.25, 0.3) is 5.91 Å². The van der Waals surface area contributed by atoms with Gasteiger partial charge in [0.15, 0.2) is 24.0 Å². The minimum atomic E-state index is -0.714. The summed E-state index contributed by atoms with van der Waals surface area (Å²) in [6.07, 6.45) is 0. The Morgan fingerprint density at radius 2 is 2.10 bits per heavy atom. The van der Waals surface area contributed by atoms with E-state index in [0.717, 1.165) is 6.07 Å². The molecule has 1 amide bonds. The quantitative estimate of drug-likeness (QED) is 0.867. The Balaban J connectivity index is 2.61. The lowest BCUT2D eigenvalue weighted by Crippen LogP contribution is -2.45. The molecule has 5 nitrogen and oxygen atoms in total. The second kappa shape index (κ2) is 7.39. The molecule has 1 aromatic rings. The molecule has 0 aliphatic rings. The maximum absolute atomic E-state index is 13.5. The molecule has 112 valence electrons.